The van der Waals surface area contributed by atoms with E-state index in [2.05, 4.69) is 0 Å². The van der Waals surface area contributed by atoms with E-state index in [4.69, 9.17) is 0 Å². The van der Waals surface area contributed by atoms with Crippen molar-refractivity contribution in [1.82, 2.24) is 0 Å². The fourth-order valence-electron chi connectivity index (χ4n) is 0. The Bertz CT molecular complexity index is 8.04. The maximum atomic E-state index is 0. The van der Waals surface area contributed by atoms with Crippen molar-refractivity contribution < 1.29 is 44.2 Å². The maximum absolute atomic E-state index is 0. The molecule has 5 N–H and O–H groups in total. The molecule has 7 heteroatoms. The quantitative estimate of drug-likeness (QED) is 0.531. The molecule has 0 aliphatic rings. The molecule has 0 aliphatic heterocycles. The van der Waals surface area contributed by atoms with Crippen LogP contribution < -0.4 is 0 Å². The van der Waals surface area contributed by atoms with E-state index in [1.807, 2.05) is 0 Å². The SMILES string of the molecule is [Co+2].[In+3].[OH-].[OH-].[OH-].[OH-].[OH-]. The molecule has 47 valence electrons. The van der Waals surface area contributed by atoms with Crippen molar-refractivity contribution in [3.63, 3.8) is 0 Å². The van der Waals surface area contributed by atoms with Crippen LogP contribution in [0.1, 0.15) is 0 Å². The molecule has 1 radical (unpaired) electrons. The second kappa shape index (κ2) is 198. The molecule has 0 unspecified atom stereocenters. The number of hydrogen-bond donors (Lipinski definition) is 0. The monoisotopic (exact) mass is 259 g/mol. The second-order valence-electron chi connectivity index (χ2n) is 0. The zero-order valence-corrected chi connectivity index (χ0v) is 7.48. The standard InChI is InChI=1S/Co.In.5H2O/h;;5*1H2/q+2;+3;;;;;/p-5. The Morgan fingerprint density at radius 1 is 0.429 bits per heavy atom. The van der Waals surface area contributed by atoms with Gasteiger partial charge in [0.1, 0.15) is 0 Å². The molecule has 0 saturated carbocycles. The Morgan fingerprint density at radius 2 is 0.429 bits per heavy atom. The van der Waals surface area contributed by atoms with E-state index >= 15 is 0 Å². The predicted octanol–water partition coefficient (Wildman–Crippen LogP) is -1.27. The van der Waals surface area contributed by atoms with Gasteiger partial charge in [0.15, 0.2) is 0 Å². The predicted molar refractivity (Wildman–Crippen MR) is 15.4 cm³/mol. The largest absolute Gasteiger partial charge is 3.00 e. The van der Waals surface area contributed by atoms with E-state index in [-0.39, 0.29) is 70.0 Å². The van der Waals surface area contributed by atoms with Crippen molar-refractivity contribution in [2.45, 2.75) is 0 Å². The molecular weight excluding hydrogens is 254 g/mol. The minimum atomic E-state index is 0. The molecule has 0 aliphatic carbocycles. The van der Waals surface area contributed by atoms with Crippen LogP contribution in [0.5, 0.6) is 0 Å². The minimum absolute atomic E-state index is 0. The van der Waals surface area contributed by atoms with E-state index in [9.17, 15) is 0 Å². The van der Waals surface area contributed by atoms with E-state index in [0.717, 1.165) is 0 Å². The molecule has 0 fully saturated rings. The third-order valence-electron chi connectivity index (χ3n) is 0. The first-order valence-corrected chi connectivity index (χ1v) is 0. The Hall–Kier alpha value is 1.18. The fraction of sp³-hybridized carbons (Fsp3) is 0. The van der Waals surface area contributed by atoms with Gasteiger partial charge >= 0.3 is 42.6 Å². The van der Waals surface area contributed by atoms with Crippen molar-refractivity contribution in [3.05, 3.63) is 0 Å². The van der Waals surface area contributed by atoms with E-state index < -0.39 is 0 Å². The smallest absolute Gasteiger partial charge is 0.870 e. The average molecular weight is 259 g/mol. The molecule has 0 rings (SSSR count). The Balaban J connectivity index is 0. The van der Waals surface area contributed by atoms with Crippen molar-refractivity contribution in [3.8, 4) is 0 Å². The molecular formula is H5CoInO5. The minimum Gasteiger partial charge on any atom is -0.870 e. The van der Waals surface area contributed by atoms with Gasteiger partial charge in [-0.25, -0.2) is 0 Å². The molecule has 7 heavy (non-hydrogen) atoms. The van der Waals surface area contributed by atoms with Gasteiger partial charge in [0, 0.05) is 0 Å². The summed E-state index contributed by atoms with van der Waals surface area (Å²) in [5.74, 6) is 0. The van der Waals surface area contributed by atoms with Gasteiger partial charge in [0.05, 0.1) is 0 Å². The Labute approximate surface area is 70.0 Å². The third-order valence-corrected chi connectivity index (χ3v) is 0. The molecule has 0 bridgehead atoms. The van der Waals surface area contributed by atoms with Crippen molar-refractivity contribution in [2.24, 2.45) is 0 Å². The summed E-state index contributed by atoms with van der Waals surface area (Å²) in [5.41, 5.74) is 0. The van der Waals surface area contributed by atoms with Crippen LogP contribution in [0, 0.1) is 0 Å². The van der Waals surface area contributed by atoms with Crippen LogP contribution in [0.4, 0.5) is 0 Å². The first kappa shape index (κ1) is 304. The van der Waals surface area contributed by atoms with Crippen LogP contribution in [0.15, 0.2) is 0 Å². The Kier molecular flexibility index (Phi) is 8590. The summed E-state index contributed by atoms with van der Waals surface area (Å²) >= 11 is 0. The maximum Gasteiger partial charge on any atom is 3.00 e. The van der Waals surface area contributed by atoms with Crippen LogP contribution in [-0.4, -0.2) is 53.2 Å². The summed E-state index contributed by atoms with van der Waals surface area (Å²) < 4.78 is 0. The Morgan fingerprint density at radius 3 is 0.429 bits per heavy atom. The van der Waals surface area contributed by atoms with Crippen molar-refractivity contribution in [1.29, 1.82) is 0 Å². The number of hydrogen-bond acceptors (Lipinski definition) is 5. The molecule has 0 spiro atoms. The van der Waals surface area contributed by atoms with Gasteiger partial charge in [-0.15, -0.1) is 0 Å². The summed E-state index contributed by atoms with van der Waals surface area (Å²) in [6.07, 6.45) is 0. The number of rotatable bonds is 0. The van der Waals surface area contributed by atoms with Gasteiger partial charge < -0.3 is 27.4 Å². The normalized spacial score (nSPS) is 0. The fourth-order valence-corrected chi connectivity index (χ4v) is 0. The van der Waals surface area contributed by atoms with E-state index in [1.165, 1.54) is 0 Å². The zero-order valence-electron chi connectivity index (χ0n) is 3.15. The summed E-state index contributed by atoms with van der Waals surface area (Å²) in [6, 6.07) is 0. The molecule has 5 nitrogen and oxygen atoms in total. The first-order valence-electron chi connectivity index (χ1n) is 0. The van der Waals surface area contributed by atoms with Crippen LogP contribution >= 0.6 is 0 Å². The van der Waals surface area contributed by atoms with Gasteiger partial charge in [-0.3, -0.25) is 0 Å². The summed E-state index contributed by atoms with van der Waals surface area (Å²) in [7, 11) is 0. The summed E-state index contributed by atoms with van der Waals surface area (Å²) in [5, 5.41) is 0. The molecule has 0 atom stereocenters. The molecule has 0 aromatic heterocycles. The topological polar surface area (TPSA) is 150 Å². The first-order chi connectivity index (χ1) is 0. The summed E-state index contributed by atoms with van der Waals surface area (Å²) in [4.78, 5) is 0. The van der Waals surface area contributed by atoms with Gasteiger partial charge in [0.25, 0.3) is 0 Å². The van der Waals surface area contributed by atoms with Crippen LogP contribution in [-0.2, 0) is 16.8 Å². The molecule has 0 aromatic rings. The molecule has 0 saturated heterocycles. The summed E-state index contributed by atoms with van der Waals surface area (Å²) in [6.45, 7) is 0. The average Bonchev–Trinajstić information content (AvgIpc) is 0. The van der Waals surface area contributed by atoms with Gasteiger partial charge in [-0.1, -0.05) is 0 Å². The third kappa shape index (κ3) is 139. The van der Waals surface area contributed by atoms with Crippen LogP contribution in [0.3, 0.4) is 0 Å². The van der Waals surface area contributed by atoms with E-state index in [1.54, 1.807) is 0 Å². The van der Waals surface area contributed by atoms with E-state index in [0.29, 0.717) is 0 Å². The molecule has 0 amide bonds. The van der Waals surface area contributed by atoms with Gasteiger partial charge in [0.2, 0.25) is 0 Å². The van der Waals surface area contributed by atoms with Crippen molar-refractivity contribution >= 4 is 25.8 Å². The second-order valence-corrected chi connectivity index (χ2v) is 0. The molecule has 0 heterocycles. The van der Waals surface area contributed by atoms with Gasteiger partial charge in [-0.2, -0.15) is 0 Å². The molecule has 0 aromatic carbocycles. The van der Waals surface area contributed by atoms with Crippen LogP contribution in [0.25, 0.3) is 0 Å². The van der Waals surface area contributed by atoms with Crippen LogP contribution in [0.2, 0.25) is 0 Å². The zero-order chi connectivity index (χ0) is 0. The van der Waals surface area contributed by atoms with Gasteiger partial charge in [-0.05, 0) is 0 Å². The van der Waals surface area contributed by atoms with Crippen molar-refractivity contribution in [2.75, 3.05) is 0 Å².